The number of hydrogen-bond donors (Lipinski definition) is 1. The SMILES string of the molecule is CCOc1c(/C=N/NC(=O)COc2cccc(Br)c2)cccc1OC. The summed E-state index contributed by atoms with van der Waals surface area (Å²) in [5.74, 6) is 1.42. The molecule has 0 heterocycles. The van der Waals surface area contributed by atoms with Crippen LogP contribution in [0, 0.1) is 0 Å². The molecule has 132 valence electrons. The maximum atomic E-state index is 11.8. The minimum atomic E-state index is -0.364. The number of para-hydroxylation sites is 1. The van der Waals surface area contributed by atoms with Gasteiger partial charge < -0.3 is 14.2 Å². The first-order valence-corrected chi connectivity index (χ1v) is 8.43. The minimum absolute atomic E-state index is 0.135. The number of carbonyl (C=O) groups is 1. The van der Waals surface area contributed by atoms with Crippen LogP contribution in [-0.4, -0.2) is 32.4 Å². The number of amides is 1. The Morgan fingerprint density at radius 3 is 2.76 bits per heavy atom. The van der Waals surface area contributed by atoms with Gasteiger partial charge >= 0.3 is 0 Å². The van der Waals surface area contributed by atoms with Crippen LogP contribution in [0.3, 0.4) is 0 Å². The average Bonchev–Trinajstić information content (AvgIpc) is 2.61. The first-order chi connectivity index (χ1) is 12.1. The van der Waals surface area contributed by atoms with Gasteiger partial charge in [-0.15, -0.1) is 0 Å². The number of methoxy groups -OCH3 is 1. The third-order valence-corrected chi connectivity index (χ3v) is 3.57. The summed E-state index contributed by atoms with van der Waals surface area (Å²) in [6, 6.07) is 12.7. The first-order valence-electron chi connectivity index (χ1n) is 7.64. The van der Waals surface area contributed by atoms with Crippen LogP contribution in [0.5, 0.6) is 17.2 Å². The lowest BCUT2D eigenvalue weighted by atomic mass is 10.2. The molecule has 2 rings (SSSR count). The fourth-order valence-electron chi connectivity index (χ4n) is 2.01. The number of carbonyl (C=O) groups excluding carboxylic acids is 1. The van der Waals surface area contributed by atoms with Crippen molar-refractivity contribution in [3.8, 4) is 17.2 Å². The van der Waals surface area contributed by atoms with Crippen LogP contribution in [0.1, 0.15) is 12.5 Å². The normalized spacial score (nSPS) is 10.5. The molecule has 2 aromatic rings. The molecule has 0 spiro atoms. The van der Waals surface area contributed by atoms with Gasteiger partial charge in [-0.1, -0.05) is 28.1 Å². The van der Waals surface area contributed by atoms with Crippen molar-refractivity contribution in [3.63, 3.8) is 0 Å². The summed E-state index contributed by atoms with van der Waals surface area (Å²) in [5.41, 5.74) is 3.12. The number of halogens is 1. The van der Waals surface area contributed by atoms with Crippen molar-refractivity contribution in [2.45, 2.75) is 6.92 Å². The zero-order chi connectivity index (χ0) is 18.1. The van der Waals surface area contributed by atoms with Crippen molar-refractivity contribution < 1.29 is 19.0 Å². The van der Waals surface area contributed by atoms with E-state index in [0.717, 1.165) is 4.47 Å². The first kappa shape index (κ1) is 18.8. The largest absolute Gasteiger partial charge is 0.493 e. The Bertz CT molecular complexity index is 750. The van der Waals surface area contributed by atoms with Crippen molar-refractivity contribution in [3.05, 3.63) is 52.5 Å². The summed E-state index contributed by atoms with van der Waals surface area (Å²) in [7, 11) is 1.57. The molecular weight excluding hydrogens is 388 g/mol. The standard InChI is InChI=1S/C18H19BrN2O4/c1-3-24-18-13(6-4-9-16(18)23-2)11-20-21-17(22)12-25-15-8-5-7-14(19)10-15/h4-11H,3,12H2,1-2H3,(H,21,22)/b20-11+. The predicted octanol–water partition coefficient (Wildman–Crippen LogP) is 3.39. The van der Waals surface area contributed by atoms with E-state index in [0.29, 0.717) is 29.4 Å². The smallest absolute Gasteiger partial charge is 0.277 e. The van der Waals surface area contributed by atoms with Gasteiger partial charge in [0.2, 0.25) is 0 Å². The molecule has 0 saturated heterocycles. The monoisotopic (exact) mass is 406 g/mol. The summed E-state index contributed by atoms with van der Waals surface area (Å²) in [5, 5.41) is 3.94. The molecule has 0 radical (unpaired) electrons. The van der Waals surface area contributed by atoms with Gasteiger partial charge in [0.1, 0.15) is 5.75 Å². The van der Waals surface area contributed by atoms with E-state index in [-0.39, 0.29) is 12.5 Å². The summed E-state index contributed by atoms with van der Waals surface area (Å²) in [6.07, 6.45) is 1.50. The Morgan fingerprint density at radius 1 is 1.24 bits per heavy atom. The van der Waals surface area contributed by atoms with Crippen molar-refractivity contribution >= 4 is 28.1 Å². The highest BCUT2D eigenvalue weighted by Gasteiger charge is 2.08. The van der Waals surface area contributed by atoms with E-state index in [1.807, 2.05) is 31.2 Å². The van der Waals surface area contributed by atoms with E-state index in [1.54, 1.807) is 25.3 Å². The summed E-state index contributed by atoms with van der Waals surface area (Å²) >= 11 is 3.34. The Morgan fingerprint density at radius 2 is 2.04 bits per heavy atom. The van der Waals surface area contributed by atoms with Crippen LogP contribution in [-0.2, 0) is 4.79 Å². The molecule has 2 aromatic carbocycles. The van der Waals surface area contributed by atoms with Crippen molar-refractivity contribution in [1.29, 1.82) is 0 Å². The lowest BCUT2D eigenvalue weighted by Gasteiger charge is -2.11. The molecule has 1 N–H and O–H groups in total. The molecule has 0 aromatic heterocycles. The third kappa shape index (κ3) is 5.79. The summed E-state index contributed by atoms with van der Waals surface area (Å²) in [6.45, 7) is 2.24. The second-order valence-electron chi connectivity index (χ2n) is 4.85. The predicted molar refractivity (Wildman–Crippen MR) is 99.5 cm³/mol. The van der Waals surface area contributed by atoms with Crippen molar-refractivity contribution in [2.24, 2.45) is 5.10 Å². The highest BCUT2D eigenvalue weighted by molar-refractivity contribution is 9.10. The van der Waals surface area contributed by atoms with Gasteiger partial charge in [0.15, 0.2) is 18.1 Å². The van der Waals surface area contributed by atoms with Gasteiger partial charge in [0.25, 0.3) is 5.91 Å². The van der Waals surface area contributed by atoms with E-state index in [2.05, 4.69) is 26.5 Å². The Balaban J connectivity index is 1.93. The van der Waals surface area contributed by atoms with Crippen LogP contribution in [0.2, 0.25) is 0 Å². The number of nitrogens with zero attached hydrogens (tertiary/aromatic N) is 1. The van der Waals surface area contributed by atoms with E-state index < -0.39 is 0 Å². The van der Waals surface area contributed by atoms with Gasteiger partial charge in [0, 0.05) is 10.0 Å². The molecule has 7 heteroatoms. The van der Waals surface area contributed by atoms with Gasteiger partial charge in [-0.3, -0.25) is 4.79 Å². The van der Waals surface area contributed by atoms with E-state index in [1.165, 1.54) is 6.21 Å². The number of hydrazone groups is 1. The second-order valence-corrected chi connectivity index (χ2v) is 5.77. The van der Waals surface area contributed by atoms with Crippen LogP contribution in [0.25, 0.3) is 0 Å². The zero-order valence-corrected chi connectivity index (χ0v) is 15.6. The number of rotatable bonds is 8. The van der Waals surface area contributed by atoms with Crippen LogP contribution >= 0.6 is 15.9 Å². The number of nitrogens with one attached hydrogen (secondary N) is 1. The fourth-order valence-corrected chi connectivity index (χ4v) is 2.38. The fraction of sp³-hybridized carbons (Fsp3) is 0.222. The molecule has 0 fully saturated rings. The lowest BCUT2D eigenvalue weighted by molar-refractivity contribution is -0.123. The molecule has 0 unspecified atom stereocenters. The lowest BCUT2D eigenvalue weighted by Crippen LogP contribution is -2.24. The van der Waals surface area contributed by atoms with Gasteiger partial charge in [-0.05, 0) is 37.3 Å². The van der Waals surface area contributed by atoms with Crippen LogP contribution in [0.4, 0.5) is 0 Å². The van der Waals surface area contributed by atoms with Crippen molar-refractivity contribution in [2.75, 3.05) is 20.3 Å². The molecule has 0 atom stereocenters. The van der Waals surface area contributed by atoms with E-state index in [4.69, 9.17) is 14.2 Å². The molecule has 0 saturated carbocycles. The topological polar surface area (TPSA) is 69.2 Å². The second kappa shape index (κ2) is 9.68. The zero-order valence-electron chi connectivity index (χ0n) is 14.0. The maximum absolute atomic E-state index is 11.8. The van der Waals surface area contributed by atoms with Gasteiger partial charge in [0.05, 0.1) is 19.9 Å². The molecule has 0 aliphatic heterocycles. The molecule has 0 bridgehead atoms. The number of ether oxygens (including phenoxy) is 3. The number of benzene rings is 2. The van der Waals surface area contributed by atoms with Crippen molar-refractivity contribution in [1.82, 2.24) is 5.43 Å². The Hall–Kier alpha value is -2.54. The van der Waals surface area contributed by atoms with E-state index >= 15 is 0 Å². The molecule has 1 amide bonds. The van der Waals surface area contributed by atoms with Crippen LogP contribution < -0.4 is 19.6 Å². The van der Waals surface area contributed by atoms with Gasteiger partial charge in [-0.2, -0.15) is 5.10 Å². The highest BCUT2D eigenvalue weighted by atomic mass is 79.9. The average molecular weight is 407 g/mol. The molecule has 25 heavy (non-hydrogen) atoms. The van der Waals surface area contributed by atoms with E-state index in [9.17, 15) is 4.79 Å². The summed E-state index contributed by atoms with van der Waals surface area (Å²) in [4.78, 5) is 11.8. The molecule has 0 aliphatic carbocycles. The third-order valence-electron chi connectivity index (χ3n) is 3.08. The molecular formula is C18H19BrN2O4. The van der Waals surface area contributed by atoms with Crippen LogP contribution in [0.15, 0.2) is 52.0 Å². The summed E-state index contributed by atoms with van der Waals surface area (Å²) < 4.78 is 17.1. The number of hydrogen-bond acceptors (Lipinski definition) is 5. The quantitative estimate of drug-likeness (QED) is 0.538. The Kier molecular flexibility index (Phi) is 7.28. The highest BCUT2D eigenvalue weighted by Crippen LogP contribution is 2.29. The maximum Gasteiger partial charge on any atom is 0.277 e. The van der Waals surface area contributed by atoms with Gasteiger partial charge in [-0.25, -0.2) is 5.43 Å². The Labute approximate surface area is 154 Å². The molecule has 6 nitrogen and oxygen atoms in total. The minimum Gasteiger partial charge on any atom is -0.493 e. The molecule has 0 aliphatic rings.